The largest absolute Gasteiger partial charge is 0.490 e. The number of ketones is 1. The van der Waals surface area contributed by atoms with Crippen LogP contribution in [0.5, 0.6) is 5.75 Å². The third kappa shape index (κ3) is 6.63. The van der Waals surface area contributed by atoms with Gasteiger partial charge in [0.05, 0.1) is 35.9 Å². The van der Waals surface area contributed by atoms with Crippen molar-refractivity contribution in [1.82, 2.24) is 0 Å². The summed E-state index contributed by atoms with van der Waals surface area (Å²) in [4.78, 5) is 16.2. The number of ether oxygens (including phenoxy) is 3. The van der Waals surface area contributed by atoms with Gasteiger partial charge in [-0.1, -0.05) is 29.8 Å². The number of sulfone groups is 1. The van der Waals surface area contributed by atoms with E-state index in [9.17, 15) is 18.3 Å². The highest BCUT2D eigenvalue weighted by molar-refractivity contribution is 7.92. The Morgan fingerprint density at radius 2 is 2.00 bits per heavy atom. The minimum atomic E-state index is -3.93. The number of fused-ring (bicyclic) bond motifs is 4. The molecule has 1 saturated carbocycles. The number of carbonyl (C=O) groups is 1. The average molecular weight is 684 g/mol. The SMILES string of the molecule is CO[C@@H]1C/C=C/[C@H](O)[C@@H]2CC[C@H]2CN2C[C@@]3(CCCc4cc(Cl)ccc43)COc3ccc(cc32)C(=O)CS(=O)(=O)[C@@H]1C[C@H]1CCCO1. The van der Waals surface area contributed by atoms with Crippen molar-refractivity contribution < 1.29 is 32.5 Å². The zero-order valence-electron chi connectivity index (χ0n) is 27.1. The van der Waals surface area contributed by atoms with Gasteiger partial charge in [-0.2, -0.15) is 0 Å². The minimum absolute atomic E-state index is 0.0809. The first kappa shape index (κ1) is 33.1. The number of aliphatic hydroxyl groups is 1. The first-order valence-electron chi connectivity index (χ1n) is 17.2. The van der Waals surface area contributed by atoms with Crippen LogP contribution in [0.15, 0.2) is 48.6 Å². The quantitative estimate of drug-likeness (QED) is 0.411. The Morgan fingerprint density at radius 3 is 2.77 bits per heavy atom. The van der Waals surface area contributed by atoms with Crippen molar-refractivity contribution in [3.8, 4) is 5.75 Å². The Balaban J connectivity index is 1.27. The van der Waals surface area contributed by atoms with Gasteiger partial charge >= 0.3 is 0 Å². The fraction of sp³-hybridized carbons (Fsp3) is 0.595. The number of anilines is 1. The van der Waals surface area contributed by atoms with Gasteiger partial charge < -0.3 is 24.2 Å². The minimum Gasteiger partial charge on any atom is -0.490 e. The third-order valence-corrected chi connectivity index (χ3v) is 13.8. The van der Waals surface area contributed by atoms with Crippen LogP contribution in [0, 0.1) is 11.8 Å². The molecule has 2 aliphatic carbocycles. The highest BCUT2D eigenvalue weighted by Gasteiger charge is 2.45. The van der Waals surface area contributed by atoms with E-state index in [4.69, 9.17) is 25.8 Å². The zero-order valence-corrected chi connectivity index (χ0v) is 28.7. The van der Waals surface area contributed by atoms with Crippen LogP contribution in [-0.4, -0.2) is 82.0 Å². The summed E-state index contributed by atoms with van der Waals surface area (Å²) in [6, 6.07) is 11.5. The van der Waals surface area contributed by atoms with E-state index in [1.165, 1.54) is 18.2 Å². The molecule has 3 heterocycles. The second kappa shape index (κ2) is 13.5. The smallest absolute Gasteiger partial charge is 0.177 e. The van der Waals surface area contributed by atoms with Crippen LogP contribution in [-0.2, 0) is 31.1 Å². The number of methoxy groups -OCH3 is 1. The number of hydrogen-bond acceptors (Lipinski definition) is 8. The van der Waals surface area contributed by atoms with Gasteiger partial charge in [0.25, 0.3) is 0 Å². The van der Waals surface area contributed by atoms with Crippen molar-refractivity contribution in [1.29, 1.82) is 0 Å². The molecular weight excluding hydrogens is 638 g/mol. The van der Waals surface area contributed by atoms with E-state index in [2.05, 4.69) is 17.0 Å². The maximum atomic E-state index is 14.0. The highest BCUT2D eigenvalue weighted by Crippen LogP contribution is 2.47. The molecule has 0 aromatic heterocycles. The Morgan fingerprint density at radius 1 is 1.13 bits per heavy atom. The fourth-order valence-corrected chi connectivity index (χ4v) is 10.9. The molecular formula is C37H46ClNO7S. The van der Waals surface area contributed by atoms with Gasteiger partial charge in [-0.25, -0.2) is 8.42 Å². The monoisotopic (exact) mass is 683 g/mol. The summed E-state index contributed by atoms with van der Waals surface area (Å²) in [5.41, 5.74) is 3.40. The standard InChI is InChI=1S/C37H46ClNO7S/c1-44-35-8-2-7-32(40)29-12-9-26(29)20-39-22-37(15-3-5-24-17-27(38)11-13-30(24)37)23-46-34-14-10-25(18-31(34)39)33(41)21-47(42,43)36(35)19-28-6-4-16-45-28/h2,7,10-11,13-14,17-18,26,28-29,32,35-36,40H,3-6,8-9,12,15-16,19-23H2,1H3/b7-2+/t26-,28+,29+,32-,35+,36+,37-/m0/s1. The van der Waals surface area contributed by atoms with Crippen molar-refractivity contribution in [3.05, 3.63) is 70.3 Å². The predicted octanol–water partition coefficient (Wildman–Crippen LogP) is 5.71. The molecule has 3 aliphatic heterocycles. The van der Waals surface area contributed by atoms with Gasteiger partial charge in [-0.15, -0.1) is 0 Å². The van der Waals surface area contributed by atoms with E-state index < -0.39 is 38.8 Å². The number of aliphatic hydroxyl groups excluding tert-OH is 1. The molecule has 7 atom stereocenters. The molecule has 0 unspecified atom stereocenters. The Bertz CT molecular complexity index is 1620. The van der Waals surface area contributed by atoms with E-state index >= 15 is 0 Å². The van der Waals surface area contributed by atoms with E-state index in [0.717, 1.165) is 55.7 Å². The van der Waals surface area contributed by atoms with Gasteiger partial charge in [-0.3, -0.25) is 4.79 Å². The van der Waals surface area contributed by atoms with Crippen LogP contribution in [0.4, 0.5) is 5.69 Å². The molecule has 254 valence electrons. The van der Waals surface area contributed by atoms with Crippen molar-refractivity contribution >= 4 is 32.9 Å². The summed E-state index contributed by atoms with van der Waals surface area (Å²) in [5, 5.41) is 11.2. The lowest BCUT2D eigenvalue weighted by Gasteiger charge is -2.45. The van der Waals surface area contributed by atoms with Gasteiger partial charge in [0.1, 0.15) is 11.5 Å². The number of Topliss-reactive ketones (excluding diaryl/α,β-unsaturated/α-hetero) is 1. The molecule has 2 bridgehead atoms. The topological polar surface area (TPSA) is 102 Å². The molecule has 47 heavy (non-hydrogen) atoms. The number of halogens is 1. The van der Waals surface area contributed by atoms with Crippen molar-refractivity contribution in [2.24, 2.45) is 11.8 Å². The number of nitrogens with zero attached hydrogens (tertiary/aromatic N) is 1. The second-order valence-corrected chi connectivity index (χ2v) is 17.0. The fourth-order valence-electron chi connectivity index (χ4n) is 8.73. The summed E-state index contributed by atoms with van der Waals surface area (Å²) >= 11 is 6.42. The first-order chi connectivity index (χ1) is 22.7. The highest BCUT2D eigenvalue weighted by atomic mass is 35.5. The molecule has 1 saturated heterocycles. The van der Waals surface area contributed by atoms with Gasteiger partial charge in [0, 0.05) is 42.8 Å². The van der Waals surface area contributed by atoms with Crippen molar-refractivity contribution in [3.63, 3.8) is 0 Å². The van der Waals surface area contributed by atoms with E-state index in [1.807, 2.05) is 30.4 Å². The van der Waals surface area contributed by atoms with Gasteiger partial charge in [0.2, 0.25) is 0 Å². The summed E-state index contributed by atoms with van der Waals surface area (Å²) in [5.74, 6) is -0.0213. The molecule has 5 aliphatic rings. The van der Waals surface area contributed by atoms with Crippen LogP contribution in [0.2, 0.25) is 5.02 Å². The summed E-state index contributed by atoms with van der Waals surface area (Å²) in [6.07, 6.45) is 9.32. The molecule has 0 radical (unpaired) electrons. The van der Waals surface area contributed by atoms with E-state index in [1.54, 1.807) is 6.07 Å². The van der Waals surface area contributed by atoms with Crippen LogP contribution in [0.1, 0.15) is 72.9 Å². The van der Waals surface area contributed by atoms with Crippen LogP contribution in [0.3, 0.4) is 0 Å². The summed E-state index contributed by atoms with van der Waals surface area (Å²) in [7, 11) is -2.41. The average Bonchev–Trinajstić information content (AvgIpc) is 3.50. The normalized spacial score (nSPS) is 34.4. The molecule has 0 amide bonds. The maximum Gasteiger partial charge on any atom is 0.177 e. The zero-order chi connectivity index (χ0) is 32.8. The molecule has 2 aromatic carbocycles. The van der Waals surface area contributed by atoms with Crippen molar-refractivity contribution in [2.45, 2.75) is 86.8 Å². The molecule has 2 fully saturated rings. The van der Waals surface area contributed by atoms with Crippen LogP contribution in [0.25, 0.3) is 0 Å². The molecule has 7 rings (SSSR count). The first-order valence-corrected chi connectivity index (χ1v) is 19.3. The van der Waals surface area contributed by atoms with Gasteiger partial charge in [0.15, 0.2) is 15.6 Å². The Kier molecular flexibility index (Phi) is 9.48. The molecule has 2 aromatic rings. The molecule has 1 N–H and O–H groups in total. The molecule has 10 heteroatoms. The third-order valence-electron chi connectivity index (χ3n) is 11.5. The lowest BCUT2D eigenvalue weighted by atomic mass is 9.68. The van der Waals surface area contributed by atoms with E-state index in [0.29, 0.717) is 44.0 Å². The Labute approximate surface area is 283 Å². The van der Waals surface area contributed by atoms with E-state index in [-0.39, 0.29) is 29.8 Å². The summed E-state index contributed by atoms with van der Waals surface area (Å²) in [6.45, 7) is 2.50. The predicted molar refractivity (Wildman–Crippen MR) is 182 cm³/mol. The number of hydrogen-bond donors (Lipinski definition) is 1. The number of benzene rings is 2. The molecule has 1 spiro atoms. The summed E-state index contributed by atoms with van der Waals surface area (Å²) < 4.78 is 46.3. The number of aryl methyl sites for hydroxylation is 1. The van der Waals surface area contributed by atoms with Crippen LogP contribution >= 0.6 is 11.6 Å². The van der Waals surface area contributed by atoms with Crippen molar-refractivity contribution in [2.75, 3.05) is 44.1 Å². The van der Waals surface area contributed by atoms with Gasteiger partial charge in [-0.05, 0) is 111 Å². The van der Waals surface area contributed by atoms with Crippen LogP contribution < -0.4 is 9.64 Å². The number of rotatable bonds is 3. The Hall–Kier alpha value is -2.43. The number of carbonyl (C=O) groups excluding carboxylic acids is 1. The lowest BCUT2D eigenvalue weighted by molar-refractivity contribution is 0.0447. The maximum absolute atomic E-state index is 14.0. The second-order valence-electron chi connectivity index (χ2n) is 14.4. The molecule has 8 nitrogen and oxygen atoms in total. The lowest BCUT2D eigenvalue weighted by Crippen LogP contribution is -2.49.